The summed E-state index contributed by atoms with van der Waals surface area (Å²) in [7, 11) is 1.55. The summed E-state index contributed by atoms with van der Waals surface area (Å²) in [6.45, 7) is 4.06. The molecule has 0 radical (unpaired) electrons. The van der Waals surface area contributed by atoms with Gasteiger partial charge in [-0.1, -0.05) is 0 Å². The van der Waals surface area contributed by atoms with Crippen molar-refractivity contribution in [2.75, 3.05) is 19.0 Å². The molecule has 1 aromatic carbocycles. The van der Waals surface area contributed by atoms with Crippen molar-refractivity contribution in [3.8, 4) is 11.5 Å². The third kappa shape index (κ3) is 3.82. The van der Waals surface area contributed by atoms with Gasteiger partial charge in [0.2, 0.25) is 5.91 Å². The second kappa shape index (κ2) is 6.35. The standard InChI is InChI=1S/C12H16ClNO3/c1-4-17-10-6-5-9(7-11(10)16-3)14-12(15)8(2)13/h5-8H,4H2,1-3H3,(H,14,15). The van der Waals surface area contributed by atoms with Gasteiger partial charge in [0, 0.05) is 11.8 Å². The number of hydrogen-bond donors (Lipinski definition) is 1. The molecule has 5 heteroatoms. The predicted octanol–water partition coefficient (Wildman–Crippen LogP) is 2.66. The number of carbonyl (C=O) groups excluding carboxylic acids is 1. The summed E-state index contributed by atoms with van der Waals surface area (Å²) in [5.41, 5.74) is 0.628. The number of amides is 1. The van der Waals surface area contributed by atoms with Crippen molar-refractivity contribution >= 4 is 23.2 Å². The fraction of sp³-hybridized carbons (Fsp3) is 0.417. The molecule has 94 valence electrons. The van der Waals surface area contributed by atoms with E-state index in [1.807, 2.05) is 6.92 Å². The molecule has 1 amide bonds. The highest BCUT2D eigenvalue weighted by Gasteiger charge is 2.11. The second-order valence-corrected chi connectivity index (χ2v) is 4.06. The van der Waals surface area contributed by atoms with Crippen LogP contribution in [0, 0.1) is 0 Å². The number of nitrogens with one attached hydrogen (secondary N) is 1. The Labute approximate surface area is 106 Å². The van der Waals surface area contributed by atoms with Gasteiger partial charge < -0.3 is 14.8 Å². The maximum absolute atomic E-state index is 11.4. The van der Waals surface area contributed by atoms with E-state index in [0.29, 0.717) is 23.8 Å². The fourth-order valence-electron chi connectivity index (χ4n) is 1.26. The van der Waals surface area contributed by atoms with Crippen molar-refractivity contribution < 1.29 is 14.3 Å². The van der Waals surface area contributed by atoms with Gasteiger partial charge in [-0.25, -0.2) is 0 Å². The summed E-state index contributed by atoms with van der Waals surface area (Å²) < 4.78 is 10.5. The van der Waals surface area contributed by atoms with Crippen LogP contribution in [0.5, 0.6) is 11.5 Å². The van der Waals surface area contributed by atoms with Gasteiger partial charge in [0.05, 0.1) is 13.7 Å². The number of rotatable bonds is 5. The predicted molar refractivity (Wildman–Crippen MR) is 68.1 cm³/mol. The van der Waals surface area contributed by atoms with E-state index in [-0.39, 0.29) is 5.91 Å². The third-order valence-electron chi connectivity index (χ3n) is 2.09. The minimum atomic E-state index is -0.576. The Bertz CT molecular complexity index is 393. The Kier molecular flexibility index (Phi) is 5.10. The Hall–Kier alpha value is -1.42. The zero-order chi connectivity index (χ0) is 12.8. The van der Waals surface area contributed by atoms with Crippen molar-refractivity contribution in [2.45, 2.75) is 19.2 Å². The molecular weight excluding hydrogens is 242 g/mol. The van der Waals surface area contributed by atoms with Crippen LogP contribution in [0.15, 0.2) is 18.2 Å². The van der Waals surface area contributed by atoms with E-state index in [0.717, 1.165) is 0 Å². The first-order valence-corrected chi connectivity index (χ1v) is 5.78. The van der Waals surface area contributed by atoms with Crippen molar-refractivity contribution in [3.05, 3.63) is 18.2 Å². The first-order chi connectivity index (χ1) is 8.08. The largest absolute Gasteiger partial charge is 0.493 e. The number of carbonyl (C=O) groups is 1. The van der Waals surface area contributed by atoms with Crippen molar-refractivity contribution in [3.63, 3.8) is 0 Å². The van der Waals surface area contributed by atoms with Gasteiger partial charge in [0.25, 0.3) is 0 Å². The van der Waals surface area contributed by atoms with Crippen LogP contribution in [0.25, 0.3) is 0 Å². The van der Waals surface area contributed by atoms with Crippen LogP contribution in [-0.4, -0.2) is 25.0 Å². The van der Waals surface area contributed by atoms with E-state index in [1.165, 1.54) is 0 Å². The molecule has 0 bridgehead atoms. The molecular formula is C12H16ClNO3. The van der Waals surface area contributed by atoms with Gasteiger partial charge >= 0.3 is 0 Å². The van der Waals surface area contributed by atoms with Gasteiger partial charge in [-0.3, -0.25) is 4.79 Å². The molecule has 0 spiro atoms. The number of benzene rings is 1. The van der Waals surface area contributed by atoms with Crippen LogP contribution in [0.1, 0.15) is 13.8 Å². The fourth-order valence-corrected chi connectivity index (χ4v) is 1.32. The molecule has 0 aliphatic carbocycles. The zero-order valence-electron chi connectivity index (χ0n) is 10.1. The molecule has 0 saturated heterocycles. The topological polar surface area (TPSA) is 47.6 Å². The van der Waals surface area contributed by atoms with E-state index in [2.05, 4.69) is 5.32 Å². The summed E-state index contributed by atoms with van der Waals surface area (Å²) in [6.07, 6.45) is 0. The minimum Gasteiger partial charge on any atom is -0.493 e. The number of ether oxygens (including phenoxy) is 2. The van der Waals surface area contributed by atoms with Crippen LogP contribution >= 0.6 is 11.6 Å². The van der Waals surface area contributed by atoms with E-state index in [9.17, 15) is 4.79 Å². The highest BCUT2D eigenvalue weighted by Crippen LogP contribution is 2.30. The van der Waals surface area contributed by atoms with Gasteiger partial charge in [-0.15, -0.1) is 11.6 Å². The summed E-state index contributed by atoms with van der Waals surface area (Å²) in [4.78, 5) is 11.4. The molecule has 1 rings (SSSR count). The van der Waals surface area contributed by atoms with Crippen LogP contribution in [0.3, 0.4) is 0 Å². The van der Waals surface area contributed by atoms with Crippen LogP contribution in [0.4, 0.5) is 5.69 Å². The SMILES string of the molecule is CCOc1ccc(NC(=O)C(C)Cl)cc1OC. The number of methoxy groups -OCH3 is 1. The lowest BCUT2D eigenvalue weighted by Gasteiger charge is -2.12. The molecule has 1 aromatic rings. The first-order valence-electron chi connectivity index (χ1n) is 5.34. The van der Waals surface area contributed by atoms with Crippen LogP contribution in [-0.2, 0) is 4.79 Å². The quantitative estimate of drug-likeness (QED) is 0.825. The first kappa shape index (κ1) is 13.6. The van der Waals surface area contributed by atoms with E-state index in [4.69, 9.17) is 21.1 Å². The molecule has 0 aromatic heterocycles. The third-order valence-corrected chi connectivity index (χ3v) is 2.29. The molecule has 1 unspecified atom stereocenters. The highest BCUT2D eigenvalue weighted by atomic mass is 35.5. The van der Waals surface area contributed by atoms with Crippen molar-refractivity contribution in [1.82, 2.24) is 0 Å². The Morgan fingerprint density at radius 2 is 2.18 bits per heavy atom. The molecule has 0 heterocycles. The maximum Gasteiger partial charge on any atom is 0.242 e. The number of hydrogen-bond acceptors (Lipinski definition) is 3. The molecule has 0 saturated carbocycles. The zero-order valence-corrected chi connectivity index (χ0v) is 10.9. The van der Waals surface area contributed by atoms with Gasteiger partial charge in [-0.2, -0.15) is 0 Å². The Balaban J connectivity index is 2.85. The lowest BCUT2D eigenvalue weighted by atomic mass is 10.2. The van der Waals surface area contributed by atoms with Crippen LogP contribution < -0.4 is 14.8 Å². The summed E-state index contributed by atoms with van der Waals surface area (Å²) in [5, 5.41) is 2.10. The van der Waals surface area contributed by atoms with E-state index in [1.54, 1.807) is 32.2 Å². The van der Waals surface area contributed by atoms with Crippen molar-refractivity contribution in [2.24, 2.45) is 0 Å². The Morgan fingerprint density at radius 1 is 1.47 bits per heavy atom. The lowest BCUT2D eigenvalue weighted by molar-refractivity contribution is -0.115. The maximum atomic E-state index is 11.4. The summed E-state index contributed by atoms with van der Waals surface area (Å²) >= 11 is 5.66. The second-order valence-electron chi connectivity index (χ2n) is 3.40. The molecule has 1 atom stereocenters. The molecule has 0 aliphatic rings. The van der Waals surface area contributed by atoms with Crippen molar-refractivity contribution in [1.29, 1.82) is 0 Å². The molecule has 17 heavy (non-hydrogen) atoms. The average molecular weight is 258 g/mol. The molecule has 4 nitrogen and oxygen atoms in total. The molecule has 1 N–H and O–H groups in total. The average Bonchev–Trinajstić information content (AvgIpc) is 2.31. The molecule has 0 aliphatic heterocycles. The van der Waals surface area contributed by atoms with E-state index >= 15 is 0 Å². The summed E-state index contributed by atoms with van der Waals surface area (Å²) in [6, 6.07) is 5.18. The number of halogens is 1. The Morgan fingerprint density at radius 3 is 2.71 bits per heavy atom. The summed E-state index contributed by atoms with van der Waals surface area (Å²) in [5.74, 6) is 0.969. The smallest absolute Gasteiger partial charge is 0.242 e. The number of anilines is 1. The number of alkyl halides is 1. The van der Waals surface area contributed by atoms with E-state index < -0.39 is 5.38 Å². The van der Waals surface area contributed by atoms with Gasteiger partial charge in [0.15, 0.2) is 11.5 Å². The van der Waals surface area contributed by atoms with Gasteiger partial charge in [-0.05, 0) is 26.0 Å². The normalized spacial score (nSPS) is 11.8. The molecule has 0 fully saturated rings. The van der Waals surface area contributed by atoms with Crippen LogP contribution in [0.2, 0.25) is 0 Å². The monoisotopic (exact) mass is 257 g/mol. The van der Waals surface area contributed by atoms with Gasteiger partial charge in [0.1, 0.15) is 5.38 Å². The highest BCUT2D eigenvalue weighted by molar-refractivity contribution is 6.32. The minimum absolute atomic E-state index is 0.252. The lowest BCUT2D eigenvalue weighted by Crippen LogP contribution is -2.20.